The molecule has 0 amide bonds. The maximum Gasteiger partial charge on any atom is 0.339 e. The Labute approximate surface area is 295 Å². The molecule has 0 saturated heterocycles. The second-order valence-corrected chi connectivity index (χ2v) is 11.4. The quantitative estimate of drug-likeness (QED) is 0.0585. The number of hydrogen-bond donors (Lipinski definition) is 0. The summed E-state index contributed by atoms with van der Waals surface area (Å²) in [5, 5.41) is 0. The van der Waals surface area contributed by atoms with E-state index in [2.05, 4.69) is 26.3 Å². The fourth-order valence-corrected chi connectivity index (χ4v) is 4.31. The van der Waals surface area contributed by atoms with Crippen molar-refractivity contribution in [1.82, 2.24) is 0 Å². The average Bonchev–Trinajstić information content (AvgIpc) is 3.10. The molecule has 0 heterocycles. The van der Waals surface area contributed by atoms with Crippen molar-refractivity contribution in [2.45, 2.75) is 26.7 Å². The van der Waals surface area contributed by atoms with E-state index in [9.17, 15) is 36.7 Å². The Morgan fingerprint density at radius 1 is 0.519 bits per heavy atom. The lowest BCUT2D eigenvalue weighted by Gasteiger charge is -2.12. The normalized spacial score (nSPS) is 10.5. The monoisotopic (exact) mass is 714 g/mol. The fraction of sp³-hybridized carbons (Fsp3) is 0.100. The summed E-state index contributed by atoms with van der Waals surface area (Å²) in [5.41, 5.74) is 0.492. The number of ether oxygens (including phenoxy) is 4. The lowest BCUT2D eigenvalue weighted by atomic mass is 10.0. The van der Waals surface area contributed by atoms with E-state index in [1.54, 1.807) is 55.5 Å². The van der Waals surface area contributed by atoms with Gasteiger partial charge in [-0.2, -0.15) is 4.39 Å². The van der Waals surface area contributed by atoms with Gasteiger partial charge in [0.15, 0.2) is 23.2 Å². The van der Waals surface area contributed by atoms with Crippen LogP contribution in [0.4, 0.5) is 17.6 Å². The van der Waals surface area contributed by atoms with Crippen LogP contribution in [0.15, 0.2) is 121 Å². The van der Waals surface area contributed by atoms with Gasteiger partial charge in [-0.15, -0.1) is 0 Å². The molecule has 0 fully saturated rings. The molecule has 4 aromatic rings. The lowest BCUT2D eigenvalue weighted by Crippen LogP contribution is -2.15. The lowest BCUT2D eigenvalue weighted by molar-refractivity contribution is -0.132. The third-order valence-electron chi connectivity index (χ3n) is 7.22. The van der Waals surface area contributed by atoms with Gasteiger partial charge in [0.2, 0.25) is 11.6 Å². The highest BCUT2D eigenvalue weighted by molar-refractivity contribution is 5.92. The van der Waals surface area contributed by atoms with Crippen LogP contribution in [0.2, 0.25) is 0 Å². The minimum Gasteiger partial charge on any atom is -0.423 e. The first kappa shape index (κ1) is 38.2. The van der Waals surface area contributed by atoms with E-state index >= 15 is 0 Å². The summed E-state index contributed by atoms with van der Waals surface area (Å²) >= 11 is 0. The molecule has 0 atom stereocenters. The summed E-state index contributed by atoms with van der Waals surface area (Å²) in [6.07, 6.45) is -0.295. The number of benzene rings is 4. The van der Waals surface area contributed by atoms with E-state index in [4.69, 9.17) is 18.9 Å². The molecule has 12 heteroatoms. The first-order valence-corrected chi connectivity index (χ1v) is 15.3. The molecule has 266 valence electrons. The Bertz CT molecular complexity index is 2110. The van der Waals surface area contributed by atoms with Crippen molar-refractivity contribution in [2.75, 3.05) is 0 Å². The first-order valence-electron chi connectivity index (χ1n) is 15.3. The Morgan fingerprint density at radius 2 is 0.942 bits per heavy atom. The summed E-state index contributed by atoms with van der Waals surface area (Å²) in [6, 6.07) is 16.4. The highest BCUT2D eigenvalue weighted by Gasteiger charge is 2.23. The van der Waals surface area contributed by atoms with Gasteiger partial charge in [-0.05, 0) is 91.9 Å². The van der Waals surface area contributed by atoms with Crippen LogP contribution in [0.3, 0.4) is 0 Å². The molecule has 0 aromatic heterocycles. The molecule has 52 heavy (non-hydrogen) atoms. The van der Waals surface area contributed by atoms with Gasteiger partial charge in [0.25, 0.3) is 0 Å². The van der Waals surface area contributed by atoms with Crippen molar-refractivity contribution in [2.24, 2.45) is 0 Å². The van der Waals surface area contributed by atoms with Crippen LogP contribution >= 0.6 is 0 Å². The fourth-order valence-electron chi connectivity index (χ4n) is 4.31. The second-order valence-electron chi connectivity index (χ2n) is 11.4. The number of carbonyl (C=O) groups is 4. The smallest absolute Gasteiger partial charge is 0.339 e. The zero-order valence-electron chi connectivity index (χ0n) is 27.9. The van der Waals surface area contributed by atoms with Gasteiger partial charge >= 0.3 is 23.9 Å². The van der Waals surface area contributed by atoms with E-state index in [0.717, 1.165) is 23.3 Å². The molecular formula is C40H30F4O8. The molecule has 4 rings (SSSR count). The maximum absolute atomic E-state index is 14.9. The molecule has 8 nitrogen and oxygen atoms in total. The van der Waals surface area contributed by atoms with Crippen LogP contribution < -0.4 is 18.9 Å². The largest absolute Gasteiger partial charge is 0.423 e. The van der Waals surface area contributed by atoms with Gasteiger partial charge in [0, 0.05) is 27.9 Å². The van der Waals surface area contributed by atoms with Gasteiger partial charge < -0.3 is 18.9 Å². The predicted octanol–water partition coefficient (Wildman–Crippen LogP) is 8.94. The van der Waals surface area contributed by atoms with Crippen molar-refractivity contribution in [3.63, 3.8) is 0 Å². The van der Waals surface area contributed by atoms with Gasteiger partial charge in [0.1, 0.15) is 11.5 Å². The van der Waals surface area contributed by atoms with Gasteiger partial charge in [-0.1, -0.05) is 50.6 Å². The Balaban J connectivity index is 1.31. The molecule has 0 aliphatic carbocycles. The summed E-state index contributed by atoms with van der Waals surface area (Å²) < 4.78 is 79.1. The van der Waals surface area contributed by atoms with E-state index in [1.165, 1.54) is 6.92 Å². The summed E-state index contributed by atoms with van der Waals surface area (Å²) in [6.45, 7) is 16.9. The van der Waals surface area contributed by atoms with Crippen LogP contribution in [-0.4, -0.2) is 23.9 Å². The molecule has 0 bridgehead atoms. The van der Waals surface area contributed by atoms with Gasteiger partial charge in [-0.3, -0.25) is 0 Å². The summed E-state index contributed by atoms with van der Waals surface area (Å²) in [7, 11) is 0. The van der Waals surface area contributed by atoms with Crippen LogP contribution in [0.25, 0.3) is 22.3 Å². The standard InChI is InChI=1S/C40H30F4O8/c1-21(2)37(45)49-28-13-9-25(10-14-28)26-11-15-29(16-12-26)50-39(47)23(5)7-8-24(6)40(48)52-36-31(41)19-27(20-32(36)42)30-17-18-33(35(44)34(30)43)51-38(46)22(3)4/h9-20H,1,3,5-8H2,2,4H3. The minimum absolute atomic E-state index is 0.0330. The third-order valence-corrected chi connectivity index (χ3v) is 7.22. The zero-order chi connectivity index (χ0) is 38.3. The van der Waals surface area contributed by atoms with Gasteiger partial charge in [0.05, 0.1) is 0 Å². The number of hydrogen-bond acceptors (Lipinski definition) is 8. The highest BCUT2D eigenvalue weighted by atomic mass is 19.2. The molecule has 0 radical (unpaired) electrons. The van der Waals surface area contributed by atoms with E-state index < -0.39 is 69.8 Å². The number of carbonyl (C=O) groups excluding carboxylic acids is 4. The van der Waals surface area contributed by atoms with E-state index in [0.29, 0.717) is 17.9 Å². The molecule has 0 aliphatic rings. The zero-order valence-corrected chi connectivity index (χ0v) is 27.9. The molecule has 0 saturated carbocycles. The van der Waals surface area contributed by atoms with Gasteiger partial charge in [-0.25, -0.2) is 32.3 Å². The van der Waals surface area contributed by atoms with Crippen molar-refractivity contribution >= 4 is 23.9 Å². The van der Waals surface area contributed by atoms with E-state index in [-0.39, 0.29) is 40.9 Å². The molecule has 0 aliphatic heterocycles. The molecule has 0 spiro atoms. The maximum atomic E-state index is 14.9. The Morgan fingerprint density at radius 3 is 1.40 bits per heavy atom. The number of halogens is 4. The predicted molar refractivity (Wildman–Crippen MR) is 183 cm³/mol. The van der Waals surface area contributed by atoms with Crippen molar-refractivity contribution in [3.05, 3.63) is 145 Å². The number of esters is 4. The van der Waals surface area contributed by atoms with Crippen molar-refractivity contribution in [3.8, 4) is 45.3 Å². The Kier molecular flexibility index (Phi) is 12.1. The van der Waals surface area contributed by atoms with E-state index in [1.807, 2.05) is 0 Å². The van der Waals surface area contributed by atoms with Crippen LogP contribution in [-0.2, 0) is 19.2 Å². The second kappa shape index (κ2) is 16.4. The van der Waals surface area contributed by atoms with Crippen molar-refractivity contribution < 1.29 is 55.7 Å². The SMILES string of the molecule is C=C(C)C(=O)Oc1ccc(-c2ccc(OC(=O)C(=C)CCC(=C)C(=O)Oc3c(F)cc(-c4ccc(OC(=O)C(=C)C)c(F)c4F)cc3F)cc2)cc1. The molecule has 0 N–H and O–H groups in total. The first-order chi connectivity index (χ1) is 24.5. The van der Waals surface area contributed by atoms with Crippen molar-refractivity contribution in [1.29, 1.82) is 0 Å². The Hall–Kier alpha value is -6.56. The molecular weight excluding hydrogens is 684 g/mol. The average molecular weight is 715 g/mol. The third kappa shape index (κ3) is 9.36. The highest BCUT2D eigenvalue weighted by Crippen LogP contribution is 2.34. The number of rotatable bonds is 13. The van der Waals surface area contributed by atoms with Crippen LogP contribution in [0.5, 0.6) is 23.0 Å². The van der Waals surface area contributed by atoms with Crippen LogP contribution in [0.1, 0.15) is 26.7 Å². The van der Waals surface area contributed by atoms with Crippen LogP contribution in [0, 0.1) is 23.3 Å². The molecule has 4 aromatic carbocycles. The summed E-state index contributed by atoms with van der Waals surface area (Å²) in [4.78, 5) is 48.5. The molecule has 0 unspecified atom stereocenters. The topological polar surface area (TPSA) is 105 Å². The summed E-state index contributed by atoms with van der Waals surface area (Å²) in [5.74, 6) is -10.8. The minimum atomic E-state index is -1.58.